The summed E-state index contributed by atoms with van der Waals surface area (Å²) in [7, 11) is 0. The molecular formula is C13H21N3O. The lowest BCUT2D eigenvalue weighted by Crippen LogP contribution is -2.31. The molecule has 1 saturated carbocycles. The van der Waals surface area contributed by atoms with E-state index in [4.69, 9.17) is 4.52 Å². The number of piperidine rings is 1. The van der Waals surface area contributed by atoms with E-state index in [-0.39, 0.29) is 6.04 Å². The predicted octanol–water partition coefficient (Wildman–Crippen LogP) is 2.79. The summed E-state index contributed by atoms with van der Waals surface area (Å²) in [5.74, 6) is 3.12. The molecule has 2 atom stereocenters. The first-order valence-electron chi connectivity index (χ1n) is 6.93. The van der Waals surface area contributed by atoms with Gasteiger partial charge in [0.05, 0.1) is 6.04 Å². The molecule has 4 heteroatoms. The summed E-state index contributed by atoms with van der Waals surface area (Å²) < 4.78 is 5.43. The Morgan fingerprint density at radius 3 is 2.94 bits per heavy atom. The van der Waals surface area contributed by atoms with Gasteiger partial charge in [-0.3, -0.25) is 0 Å². The van der Waals surface area contributed by atoms with Gasteiger partial charge in [0.15, 0.2) is 5.82 Å². The van der Waals surface area contributed by atoms with E-state index in [1.807, 2.05) is 0 Å². The monoisotopic (exact) mass is 235 g/mol. The Hall–Kier alpha value is -0.900. The molecule has 0 spiro atoms. The molecular weight excluding hydrogens is 214 g/mol. The topological polar surface area (TPSA) is 51.0 Å². The molecule has 1 aliphatic heterocycles. The van der Waals surface area contributed by atoms with Crippen LogP contribution in [0.4, 0.5) is 0 Å². The van der Waals surface area contributed by atoms with Crippen LogP contribution in [0.3, 0.4) is 0 Å². The van der Waals surface area contributed by atoms with Crippen LogP contribution in [0.5, 0.6) is 0 Å². The molecule has 1 aromatic heterocycles. The Bertz CT molecular complexity index is 372. The summed E-state index contributed by atoms with van der Waals surface area (Å²) in [6, 6.07) is 0.287. The number of nitrogens with one attached hydrogen (secondary N) is 1. The molecule has 17 heavy (non-hydrogen) atoms. The van der Waals surface area contributed by atoms with Gasteiger partial charge in [-0.05, 0) is 38.1 Å². The molecule has 1 aliphatic carbocycles. The predicted molar refractivity (Wildman–Crippen MR) is 64.6 cm³/mol. The fourth-order valence-corrected chi connectivity index (χ4v) is 2.78. The maximum atomic E-state index is 5.43. The third kappa shape index (κ3) is 2.23. The second kappa shape index (κ2) is 4.77. The van der Waals surface area contributed by atoms with Crippen molar-refractivity contribution in [3.63, 3.8) is 0 Å². The summed E-state index contributed by atoms with van der Waals surface area (Å²) in [4.78, 5) is 4.58. The van der Waals surface area contributed by atoms with Crippen molar-refractivity contribution in [2.45, 2.75) is 57.4 Å². The quantitative estimate of drug-likeness (QED) is 0.875. The lowest BCUT2D eigenvalue weighted by atomic mass is 9.85. The SMILES string of the molecule is CCC1CCNC(c2nc(C3CCC3)no2)C1. The van der Waals surface area contributed by atoms with Gasteiger partial charge in [-0.25, -0.2) is 0 Å². The minimum atomic E-state index is 0.287. The van der Waals surface area contributed by atoms with E-state index >= 15 is 0 Å². The standard InChI is InChI=1S/C13H21N3O/c1-2-9-6-7-14-11(8-9)13-15-12(16-17-13)10-4-3-5-10/h9-11,14H,2-8H2,1H3. The van der Waals surface area contributed by atoms with Gasteiger partial charge < -0.3 is 9.84 Å². The van der Waals surface area contributed by atoms with Crippen LogP contribution in [-0.2, 0) is 0 Å². The zero-order valence-electron chi connectivity index (χ0n) is 10.5. The lowest BCUT2D eigenvalue weighted by Gasteiger charge is -2.27. The molecule has 3 rings (SSSR count). The van der Waals surface area contributed by atoms with Crippen molar-refractivity contribution in [3.8, 4) is 0 Å². The van der Waals surface area contributed by atoms with E-state index in [9.17, 15) is 0 Å². The van der Waals surface area contributed by atoms with Crippen molar-refractivity contribution in [1.29, 1.82) is 0 Å². The van der Waals surface area contributed by atoms with E-state index in [0.29, 0.717) is 5.92 Å². The van der Waals surface area contributed by atoms with Gasteiger partial charge in [0, 0.05) is 5.92 Å². The van der Waals surface area contributed by atoms with Crippen LogP contribution in [0.1, 0.15) is 69.1 Å². The van der Waals surface area contributed by atoms with Gasteiger partial charge >= 0.3 is 0 Å². The van der Waals surface area contributed by atoms with Crippen LogP contribution < -0.4 is 5.32 Å². The maximum absolute atomic E-state index is 5.43. The maximum Gasteiger partial charge on any atom is 0.243 e. The van der Waals surface area contributed by atoms with E-state index in [2.05, 4.69) is 22.4 Å². The van der Waals surface area contributed by atoms with Crippen molar-refractivity contribution in [3.05, 3.63) is 11.7 Å². The van der Waals surface area contributed by atoms with Crippen molar-refractivity contribution >= 4 is 0 Å². The molecule has 1 N–H and O–H groups in total. The normalized spacial score (nSPS) is 30.2. The van der Waals surface area contributed by atoms with Crippen LogP contribution >= 0.6 is 0 Å². The average Bonchev–Trinajstić information content (AvgIpc) is 2.76. The summed E-state index contributed by atoms with van der Waals surface area (Å²) in [6.45, 7) is 3.34. The van der Waals surface area contributed by atoms with Crippen molar-refractivity contribution in [2.75, 3.05) is 6.54 Å². The Labute approximate surface area is 102 Å². The zero-order chi connectivity index (χ0) is 11.7. The summed E-state index contributed by atoms with van der Waals surface area (Å²) in [6.07, 6.45) is 7.44. The molecule has 0 aromatic carbocycles. The van der Waals surface area contributed by atoms with Crippen LogP contribution in [-0.4, -0.2) is 16.7 Å². The number of hydrogen-bond acceptors (Lipinski definition) is 4. The largest absolute Gasteiger partial charge is 0.338 e. The molecule has 2 fully saturated rings. The molecule has 94 valence electrons. The first kappa shape index (κ1) is 11.2. The van der Waals surface area contributed by atoms with Gasteiger partial charge in [-0.2, -0.15) is 4.98 Å². The highest BCUT2D eigenvalue weighted by atomic mass is 16.5. The lowest BCUT2D eigenvalue weighted by molar-refractivity contribution is 0.245. The third-order valence-corrected chi connectivity index (χ3v) is 4.32. The third-order valence-electron chi connectivity index (χ3n) is 4.32. The van der Waals surface area contributed by atoms with E-state index in [1.165, 1.54) is 32.1 Å². The fraction of sp³-hybridized carbons (Fsp3) is 0.846. The molecule has 2 aliphatic rings. The molecule has 4 nitrogen and oxygen atoms in total. The summed E-state index contributed by atoms with van der Waals surface area (Å²) in [5.41, 5.74) is 0. The van der Waals surface area contributed by atoms with E-state index in [0.717, 1.165) is 30.6 Å². The summed E-state index contributed by atoms with van der Waals surface area (Å²) >= 11 is 0. The molecule has 1 saturated heterocycles. The van der Waals surface area contributed by atoms with Gasteiger partial charge in [0.2, 0.25) is 5.89 Å². The first-order valence-corrected chi connectivity index (χ1v) is 6.93. The van der Waals surface area contributed by atoms with Crippen LogP contribution in [0, 0.1) is 5.92 Å². The van der Waals surface area contributed by atoms with E-state index < -0.39 is 0 Å². The van der Waals surface area contributed by atoms with Crippen molar-refractivity contribution in [1.82, 2.24) is 15.5 Å². The average molecular weight is 235 g/mol. The number of nitrogens with zero attached hydrogens (tertiary/aromatic N) is 2. The molecule has 2 heterocycles. The van der Waals surface area contributed by atoms with Gasteiger partial charge in [-0.15, -0.1) is 0 Å². The Kier molecular flexibility index (Phi) is 3.14. The number of aromatic nitrogens is 2. The smallest absolute Gasteiger partial charge is 0.243 e. The second-order valence-electron chi connectivity index (χ2n) is 5.42. The van der Waals surface area contributed by atoms with Gasteiger partial charge in [0.25, 0.3) is 0 Å². The fourth-order valence-electron chi connectivity index (χ4n) is 2.78. The number of hydrogen-bond donors (Lipinski definition) is 1. The highest BCUT2D eigenvalue weighted by Crippen LogP contribution is 2.35. The van der Waals surface area contributed by atoms with Crippen molar-refractivity contribution < 1.29 is 4.52 Å². The van der Waals surface area contributed by atoms with Crippen LogP contribution in [0.15, 0.2) is 4.52 Å². The highest BCUT2D eigenvalue weighted by Gasteiger charge is 2.29. The molecule has 2 unspecified atom stereocenters. The second-order valence-corrected chi connectivity index (χ2v) is 5.42. The van der Waals surface area contributed by atoms with Gasteiger partial charge in [0.1, 0.15) is 0 Å². The molecule has 0 amide bonds. The van der Waals surface area contributed by atoms with E-state index in [1.54, 1.807) is 0 Å². The first-order chi connectivity index (χ1) is 8.36. The highest BCUT2D eigenvalue weighted by molar-refractivity contribution is 5.02. The van der Waals surface area contributed by atoms with Crippen LogP contribution in [0.2, 0.25) is 0 Å². The Balaban J connectivity index is 1.68. The molecule has 1 aromatic rings. The number of rotatable bonds is 3. The van der Waals surface area contributed by atoms with Crippen molar-refractivity contribution in [2.24, 2.45) is 5.92 Å². The van der Waals surface area contributed by atoms with Gasteiger partial charge in [-0.1, -0.05) is 24.9 Å². The molecule has 0 bridgehead atoms. The van der Waals surface area contributed by atoms with Crippen LogP contribution in [0.25, 0.3) is 0 Å². The Morgan fingerprint density at radius 1 is 1.35 bits per heavy atom. The minimum Gasteiger partial charge on any atom is -0.338 e. The zero-order valence-corrected chi connectivity index (χ0v) is 10.5. The molecule has 0 radical (unpaired) electrons. The summed E-state index contributed by atoms with van der Waals surface area (Å²) in [5, 5.41) is 7.63. The Morgan fingerprint density at radius 2 is 2.24 bits per heavy atom. The minimum absolute atomic E-state index is 0.287.